The van der Waals surface area contributed by atoms with Crippen molar-refractivity contribution in [3.05, 3.63) is 45.5 Å². The molecule has 1 aromatic heterocycles. The zero-order chi connectivity index (χ0) is 25.5. The van der Waals surface area contributed by atoms with Crippen LogP contribution in [0.5, 0.6) is 6.01 Å². The van der Waals surface area contributed by atoms with Crippen LogP contribution < -0.4 is 15.5 Å². The molecule has 0 atom stereocenters. The fourth-order valence-electron chi connectivity index (χ4n) is 2.85. The van der Waals surface area contributed by atoms with Crippen LogP contribution >= 0.6 is 0 Å². The minimum absolute atomic E-state index is 0.0664. The molecule has 0 aliphatic rings. The van der Waals surface area contributed by atoms with Crippen molar-refractivity contribution in [1.82, 2.24) is 15.0 Å². The fraction of sp³-hybridized carbons (Fsp3) is 0.455. The highest BCUT2D eigenvalue weighted by Crippen LogP contribution is 2.34. The van der Waals surface area contributed by atoms with Crippen LogP contribution in [-0.2, 0) is 11.3 Å². The minimum Gasteiger partial charge on any atom is -0.463 e. The summed E-state index contributed by atoms with van der Waals surface area (Å²) in [6.07, 6.45) is 1.47. The topological polar surface area (TPSA) is 154 Å². The minimum atomic E-state index is -0.820. The van der Waals surface area contributed by atoms with Crippen molar-refractivity contribution in [2.75, 3.05) is 24.4 Å². The second-order valence-electron chi connectivity index (χ2n) is 8.45. The molecule has 12 heteroatoms. The number of hydrazine groups is 1. The molecule has 2 rings (SSSR count). The van der Waals surface area contributed by atoms with Gasteiger partial charge in [0, 0.05) is 12.6 Å². The Balaban J connectivity index is 2.62. The number of benzene rings is 1. The zero-order valence-electron chi connectivity index (χ0n) is 20.0. The van der Waals surface area contributed by atoms with E-state index in [2.05, 4.69) is 9.97 Å². The first-order chi connectivity index (χ1) is 16.0. The van der Waals surface area contributed by atoms with Gasteiger partial charge in [0.05, 0.1) is 18.1 Å². The number of nitrogens with zero attached hydrogens (tertiary/aromatic N) is 5. The number of hydrogen-bond acceptors (Lipinski definition) is 10. The van der Waals surface area contributed by atoms with E-state index in [1.165, 1.54) is 12.1 Å². The largest absolute Gasteiger partial charge is 0.463 e. The van der Waals surface area contributed by atoms with Gasteiger partial charge in [0.2, 0.25) is 11.6 Å². The Morgan fingerprint density at radius 2 is 2.00 bits per heavy atom. The SMILES string of the molecule is CCCCOc1nc(N)c([N+](=O)[O-])c(N(Cc2cccc(C=O)c2)N(C)C(=O)OC(C)(C)C)n1. The third kappa shape index (κ3) is 7.02. The summed E-state index contributed by atoms with van der Waals surface area (Å²) in [5, 5.41) is 14.2. The summed E-state index contributed by atoms with van der Waals surface area (Å²) >= 11 is 0. The molecule has 184 valence electrons. The first kappa shape index (κ1) is 26.3. The van der Waals surface area contributed by atoms with E-state index < -0.39 is 28.1 Å². The monoisotopic (exact) mass is 474 g/mol. The molecular formula is C22H30N6O6. The highest BCUT2D eigenvalue weighted by atomic mass is 16.6. The fourth-order valence-corrected chi connectivity index (χ4v) is 2.85. The molecule has 0 aliphatic heterocycles. The van der Waals surface area contributed by atoms with E-state index in [0.29, 0.717) is 17.4 Å². The number of carbonyl (C=O) groups excluding carboxylic acids is 2. The number of nitro groups is 1. The molecule has 0 unspecified atom stereocenters. The molecule has 12 nitrogen and oxygen atoms in total. The summed E-state index contributed by atoms with van der Waals surface area (Å²) in [7, 11) is 1.39. The second-order valence-corrected chi connectivity index (χ2v) is 8.45. The van der Waals surface area contributed by atoms with Crippen LogP contribution in [-0.4, -0.2) is 51.5 Å². The molecule has 0 saturated carbocycles. The van der Waals surface area contributed by atoms with Crippen molar-refractivity contribution in [3.8, 4) is 6.01 Å². The summed E-state index contributed by atoms with van der Waals surface area (Å²) < 4.78 is 11.0. The Bertz CT molecular complexity index is 1040. The van der Waals surface area contributed by atoms with Crippen LogP contribution in [0.15, 0.2) is 24.3 Å². The van der Waals surface area contributed by atoms with E-state index in [0.717, 1.165) is 17.9 Å². The normalized spacial score (nSPS) is 11.0. The molecule has 0 aliphatic carbocycles. The smallest absolute Gasteiger partial charge is 0.429 e. The van der Waals surface area contributed by atoms with E-state index in [4.69, 9.17) is 15.2 Å². The highest BCUT2D eigenvalue weighted by molar-refractivity contribution is 5.76. The van der Waals surface area contributed by atoms with Crippen LogP contribution in [0.1, 0.15) is 56.5 Å². The number of unbranched alkanes of at least 4 members (excludes halogenated alkanes) is 1. The first-order valence-electron chi connectivity index (χ1n) is 10.7. The zero-order valence-corrected chi connectivity index (χ0v) is 20.0. The Labute approximate surface area is 197 Å². The standard InChI is InChI=1S/C22H30N6O6/c1-6-7-11-33-20-24-18(23)17(28(31)32)19(25-20)27(26(5)21(30)34-22(2,3)4)13-15-9-8-10-16(12-15)14-29/h8-10,12,14H,6-7,11,13H2,1-5H3,(H2,23,24,25). The summed E-state index contributed by atoms with van der Waals surface area (Å²) in [6, 6.07) is 6.42. The third-order valence-electron chi connectivity index (χ3n) is 4.47. The third-order valence-corrected chi connectivity index (χ3v) is 4.47. The van der Waals surface area contributed by atoms with Crippen LogP contribution in [0.2, 0.25) is 0 Å². The van der Waals surface area contributed by atoms with Gasteiger partial charge in [-0.15, -0.1) is 0 Å². The van der Waals surface area contributed by atoms with E-state index >= 15 is 0 Å². The highest BCUT2D eigenvalue weighted by Gasteiger charge is 2.33. The first-order valence-corrected chi connectivity index (χ1v) is 10.7. The van der Waals surface area contributed by atoms with E-state index in [9.17, 15) is 19.7 Å². The summed E-state index contributed by atoms with van der Waals surface area (Å²) in [5.74, 6) is -0.667. The average Bonchev–Trinajstić information content (AvgIpc) is 2.75. The van der Waals surface area contributed by atoms with Gasteiger partial charge in [-0.25, -0.2) is 9.80 Å². The van der Waals surface area contributed by atoms with Crippen molar-refractivity contribution in [3.63, 3.8) is 0 Å². The van der Waals surface area contributed by atoms with Gasteiger partial charge in [-0.2, -0.15) is 9.97 Å². The van der Waals surface area contributed by atoms with Gasteiger partial charge in [-0.05, 0) is 38.8 Å². The Morgan fingerprint density at radius 1 is 1.29 bits per heavy atom. The van der Waals surface area contributed by atoms with Crippen LogP contribution in [0.3, 0.4) is 0 Å². The maximum Gasteiger partial charge on any atom is 0.429 e. The summed E-state index contributed by atoms with van der Waals surface area (Å²) in [5.41, 5.74) is 5.47. The molecule has 34 heavy (non-hydrogen) atoms. The lowest BCUT2D eigenvalue weighted by atomic mass is 10.1. The average molecular weight is 475 g/mol. The second kappa shape index (κ2) is 11.3. The lowest BCUT2D eigenvalue weighted by Gasteiger charge is -2.34. The van der Waals surface area contributed by atoms with E-state index in [-0.39, 0.29) is 25.0 Å². The molecule has 0 saturated heterocycles. The summed E-state index contributed by atoms with van der Waals surface area (Å²) in [6.45, 7) is 7.29. The van der Waals surface area contributed by atoms with Crippen molar-refractivity contribution < 1.29 is 24.0 Å². The van der Waals surface area contributed by atoms with Gasteiger partial charge in [0.25, 0.3) is 0 Å². The number of ether oxygens (including phenoxy) is 2. The number of nitrogens with two attached hydrogens (primary N) is 1. The van der Waals surface area contributed by atoms with Crippen molar-refractivity contribution >= 4 is 29.7 Å². The molecule has 0 radical (unpaired) electrons. The van der Waals surface area contributed by atoms with Crippen LogP contribution in [0.4, 0.5) is 22.1 Å². The Hall–Kier alpha value is -3.96. The number of anilines is 2. The number of carbonyl (C=O) groups is 2. The predicted molar refractivity (Wildman–Crippen MR) is 126 cm³/mol. The predicted octanol–water partition coefficient (Wildman–Crippen LogP) is 3.75. The van der Waals surface area contributed by atoms with Gasteiger partial charge in [0.15, 0.2) is 0 Å². The molecule has 2 aromatic rings. The molecule has 0 fully saturated rings. The van der Waals surface area contributed by atoms with Crippen LogP contribution in [0.25, 0.3) is 0 Å². The maximum absolute atomic E-state index is 12.9. The van der Waals surface area contributed by atoms with Crippen molar-refractivity contribution in [2.45, 2.75) is 52.7 Å². The lowest BCUT2D eigenvalue weighted by Crippen LogP contribution is -2.46. The van der Waals surface area contributed by atoms with Gasteiger partial charge in [-0.1, -0.05) is 31.5 Å². The Morgan fingerprint density at radius 3 is 2.59 bits per heavy atom. The number of hydrogen-bond donors (Lipinski definition) is 1. The van der Waals surface area contributed by atoms with E-state index in [1.807, 2.05) is 6.92 Å². The van der Waals surface area contributed by atoms with Gasteiger partial charge < -0.3 is 15.2 Å². The van der Waals surface area contributed by atoms with Gasteiger partial charge >= 0.3 is 17.8 Å². The number of rotatable bonds is 10. The van der Waals surface area contributed by atoms with Crippen molar-refractivity contribution in [1.29, 1.82) is 0 Å². The maximum atomic E-state index is 12.9. The molecular weight excluding hydrogens is 444 g/mol. The molecule has 1 aromatic carbocycles. The van der Waals surface area contributed by atoms with Gasteiger partial charge in [0.1, 0.15) is 11.9 Å². The lowest BCUT2D eigenvalue weighted by molar-refractivity contribution is -0.383. The number of aromatic nitrogens is 2. The quantitative estimate of drug-likeness (QED) is 0.233. The summed E-state index contributed by atoms with van der Waals surface area (Å²) in [4.78, 5) is 43.4. The number of aldehydes is 1. The molecule has 0 spiro atoms. The van der Waals surface area contributed by atoms with Crippen molar-refractivity contribution in [2.24, 2.45) is 0 Å². The molecule has 1 heterocycles. The van der Waals surface area contributed by atoms with E-state index in [1.54, 1.807) is 45.0 Å². The molecule has 0 bridgehead atoms. The molecule has 1 amide bonds. The number of amides is 1. The Kier molecular flexibility index (Phi) is 8.70. The number of nitrogen functional groups attached to an aromatic ring is 1. The van der Waals surface area contributed by atoms with Crippen LogP contribution in [0, 0.1) is 10.1 Å². The molecule has 2 N–H and O–H groups in total. The van der Waals surface area contributed by atoms with Gasteiger partial charge in [-0.3, -0.25) is 19.9 Å².